The topological polar surface area (TPSA) is 46.5 Å². The molecule has 3 aromatic rings. The standard InChI is InChI=1S/C24H20O3.CH3Br/c1-24(23(26)27-16-18(15-25)17-9-3-2-4-10-17)21-13-7-5-11-19(21)20-12-6-8-14-22(20)24;1-2/h2-15,25H,16H2,1H3;1H3. The monoisotopic (exact) mass is 450 g/mol. The van der Waals surface area contributed by atoms with Crippen molar-refractivity contribution in [1.29, 1.82) is 0 Å². The minimum atomic E-state index is -0.871. The predicted octanol–water partition coefficient (Wildman–Crippen LogP) is 6.13. The van der Waals surface area contributed by atoms with Gasteiger partial charge in [-0.15, -0.1) is 0 Å². The Kier molecular flexibility index (Phi) is 6.55. The number of hydrogen-bond acceptors (Lipinski definition) is 3. The highest BCUT2D eigenvalue weighted by atomic mass is 79.9. The molecule has 148 valence electrons. The van der Waals surface area contributed by atoms with E-state index in [0.29, 0.717) is 5.57 Å². The molecule has 0 saturated heterocycles. The van der Waals surface area contributed by atoms with E-state index in [1.54, 1.807) is 0 Å². The summed E-state index contributed by atoms with van der Waals surface area (Å²) >= 11 is 2.94. The number of alkyl halides is 1. The zero-order valence-electron chi connectivity index (χ0n) is 16.4. The minimum Gasteiger partial charge on any atom is -0.515 e. The van der Waals surface area contributed by atoms with Crippen LogP contribution in [-0.4, -0.2) is 23.5 Å². The molecule has 0 bridgehead atoms. The third-order valence-corrected chi connectivity index (χ3v) is 5.29. The number of aliphatic hydroxyl groups is 1. The van der Waals surface area contributed by atoms with Crippen LogP contribution in [-0.2, 0) is 14.9 Å². The Hall–Kier alpha value is -2.85. The minimum absolute atomic E-state index is 0.0132. The van der Waals surface area contributed by atoms with Crippen molar-refractivity contribution in [2.24, 2.45) is 0 Å². The number of rotatable bonds is 4. The van der Waals surface area contributed by atoms with Crippen molar-refractivity contribution in [3.8, 4) is 11.1 Å². The zero-order valence-corrected chi connectivity index (χ0v) is 18.0. The van der Waals surface area contributed by atoms with Crippen LogP contribution in [0.15, 0.2) is 85.1 Å². The molecule has 1 N–H and O–H groups in total. The van der Waals surface area contributed by atoms with Crippen molar-refractivity contribution >= 4 is 27.5 Å². The van der Waals surface area contributed by atoms with E-state index in [2.05, 4.69) is 15.9 Å². The molecule has 3 aromatic carbocycles. The molecule has 0 radical (unpaired) electrons. The van der Waals surface area contributed by atoms with Gasteiger partial charge in [0.1, 0.15) is 12.0 Å². The van der Waals surface area contributed by atoms with E-state index in [1.165, 1.54) is 0 Å². The predicted molar refractivity (Wildman–Crippen MR) is 121 cm³/mol. The van der Waals surface area contributed by atoms with Crippen LogP contribution in [0, 0.1) is 0 Å². The highest BCUT2D eigenvalue weighted by Gasteiger charge is 2.46. The van der Waals surface area contributed by atoms with Crippen molar-refractivity contribution in [1.82, 2.24) is 0 Å². The molecular formula is C25H23BrO3. The Morgan fingerprint density at radius 2 is 1.38 bits per heavy atom. The van der Waals surface area contributed by atoms with Gasteiger partial charge in [-0.1, -0.05) is 94.8 Å². The van der Waals surface area contributed by atoms with E-state index in [0.717, 1.165) is 34.1 Å². The second-order valence-corrected chi connectivity index (χ2v) is 6.81. The third-order valence-electron chi connectivity index (χ3n) is 5.29. The molecule has 4 heteroatoms. The molecule has 29 heavy (non-hydrogen) atoms. The van der Waals surface area contributed by atoms with Gasteiger partial charge in [-0.3, -0.25) is 4.79 Å². The summed E-state index contributed by atoms with van der Waals surface area (Å²) in [4.78, 5) is 13.2. The molecule has 0 amide bonds. The van der Waals surface area contributed by atoms with E-state index in [9.17, 15) is 9.90 Å². The first-order valence-electron chi connectivity index (χ1n) is 9.29. The lowest BCUT2D eigenvalue weighted by Crippen LogP contribution is -2.34. The molecule has 0 aliphatic heterocycles. The summed E-state index contributed by atoms with van der Waals surface area (Å²) < 4.78 is 5.68. The summed E-state index contributed by atoms with van der Waals surface area (Å²) in [6, 6.07) is 25.3. The molecule has 1 aliphatic rings. The van der Waals surface area contributed by atoms with Gasteiger partial charge in [-0.05, 0) is 40.6 Å². The van der Waals surface area contributed by atoms with Gasteiger partial charge in [-0.25, -0.2) is 0 Å². The SMILES string of the molecule is CBr.CC1(C(=O)OCC(=CO)c2ccccc2)c2ccccc2-c2ccccc21. The smallest absolute Gasteiger partial charge is 0.321 e. The number of esters is 1. The average Bonchev–Trinajstić information content (AvgIpc) is 3.06. The van der Waals surface area contributed by atoms with Crippen LogP contribution in [0.1, 0.15) is 23.6 Å². The van der Waals surface area contributed by atoms with Gasteiger partial charge in [0.2, 0.25) is 0 Å². The Bertz CT molecular complexity index is 980. The summed E-state index contributed by atoms with van der Waals surface area (Å²) in [5, 5.41) is 9.58. The van der Waals surface area contributed by atoms with E-state index in [4.69, 9.17) is 4.74 Å². The number of carbonyl (C=O) groups excluding carboxylic acids is 1. The van der Waals surface area contributed by atoms with Crippen molar-refractivity contribution in [3.05, 3.63) is 102 Å². The van der Waals surface area contributed by atoms with E-state index >= 15 is 0 Å². The lowest BCUT2D eigenvalue weighted by Gasteiger charge is -2.25. The molecule has 0 unspecified atom stereocenters. The molecule has 0 aromatic heterocycles. The number of benzene rings is 3. The van der Waals surface area contributed by atoms with Gasteiger partial charge < -0.3 is 9.84 Å². The van der Waals surface area contributed by atoms with Gasteiger partial charge in [0, 0.05) is 5.57 Å². The number of ether oxygens (including phenoxy) is 1. The second kappa shape index (κ2) is 9.10. The fourth-order valence-electron chi connectivity index (χ4n) is 3.81. The number of halogens is 1. The van der Waals surface area contributed by atoms with Crippen LogP contribution < -0.4 is 0 Å². The van der Waals surface area contributed by atoms with Crippen molar-refractivity contribution in [2.45, 2.75) is 12.3 Å². The molecule has 0 heterocycles. The fourth-order valence-corrected chi connectivity index (χ4v) is 3.81. The first-order chi connectivity index (χ1) is 14.2. The van der Waals surface area contributed by atoms with Crippen LogP contribution in [0.5, 0.6) is 0 Å². The van der Waals surface area contributed by atoms with Gasteiger partial charge >= 0.3 is 5.97 Å². The van der Waals surface area contributed by atoms with Crippen LogP contribution in [0.4, 0.5) is 0 Å². The summed E-state index contributed by atoms with van der Waals surface area (Å²) in [6.07, 6.45) is 1.00. The number of aliphatic hydroxyl groups excluding tert-OH is 1. The van der Waals surface area contributed by atoms with Crippen molar-refractivity contribution in [2.75, 3.05) is 12.4 Å². The van der Waals surface area contributed by atoms with Crippen LogP contribution in [0.25, 0.3) is 16.7 Å². The average molecular weight is 451 g/mol. The summed E-state index contributed by atoms with van der Waals surface area (Å²) in [5.74, 6) is 1.49. The van der Waals surface area contributed by atoms with Crippen molar-refractivity contribution < 1.29 is 14.6 Å². The molecular weight excluding hydrogens is 428 g/mol. The molecule has 3 nitrogen and oxygen atoms in total. The van der Waals surface area contributed by atoms with E-state index in [-0.39, 0.29) is 12.6 Å². The van der Waals surface area contributed by atoms with Crippen LogP contribution in [0.3, 0.4) is 0 Å². The van der Waals surface area contributed by atoms with Gasteiger partial charge in [-0.2, -0.15) is 0 Å². The first kappa shape index (κ1) is 20.9. The second-order valence-electron chi connectivity index (χ2n) is 6.81. The maximum absolute atomic E-state index is 13.2. The quantitative estimate of drug-likeness (QED) is 0.295. The third kappa shape index (κ3) is 3.73. The lowest BCUT2D eigenvalue weighted by molar-refractivity contribution is -0.146. The highest BCUT2D eigenvalue weighted by molar-refractivity contribution is 9.08. The summed E-state index contributed by atoms with van der Waals surface area (Å²) in [5.41, 5.74) is 4.54. The number of carbonyl (C=O) groups is 1. The Morgan fingerprint density at radius 1 is 0.897 bits per heavy atom. The lowest BCUT2D eigenvalue weighted by atomic mass is 9.80. The normalized spacial score (nSPS) is 13.6. The maximum Gasteiger partial charge on any atom is 0.321 e. The zero-order chi connectivity index (χ0) is 20.9. The fraction of sp³-hybridized carbons (Fsp3) is 0.160. The van der Waals surface area contributed by atoms with Crippen LogP contribution in [0.2, 0.25) is 0 Å². The van der Waals surface area contributed by atoms with E-state index in [1.807, 2.05) is 91.6 Å². The molecule has 0 atom stereocenters. The molecule has 4 rings (SSSR count). The largest absolute Gasteiger partial charge is 0.515 e. The Balaban J connectivity index is 0.00000117. The first-order valence-corrected chi connectivity index (χ1v) is 10.9. The molecule has 0 fully saturated rings. The Labute approximate surface area is 179 Å². The summed E-state index contributed by atoms with van der Waals surface area (Å²) in [6.45, 7) is 1.92. The molecule has 0 spiro atoms. The number of fused-ring (bicyclic) bond motifs is 3. The van der Waals surface area contributed by atoms with E-state index < -0.39 is 5.41 Å². The van der Waals surface area contributed by atoms with Crippen LogP contribution >= 0.6 is 15.9 Å². The maximum atomic E-state index is 13.2. The number of hydrogen-bond donors (Lipinski definition) is 1. The van der Waals surface area contributed by atoms with Crippen molar-refractivity contribution in [3.63, 3.8) is 0 Å². The highest BCUT2D eigenvalue weighted by Crippen LogP contribution is 2.49. The van der Waals surface area contributed by atoms with Gasteiger partial charge in [0.15, 0.2) is 0 Å². The van der Waals surface area contributed by atoms with Gasteiger partial charge in [0.25, 0.3) is 0 Å². The summed E-state index contributed by atoms with van der Waals surface area (Å²) in [7, 11) is 0. The molecule has 0 saturated carbocycles. The molecule has 1 aliphatic carbocycles. The van der Waals surface area contributed by atoms with Gasteiger partial charge in [0.05, 0.1) is 6.26 Å². The Morgan fingerprint density at radius 3 is 1.90 bits per heavy atom.